The summed E-state index contributed by atoms with van der Waals surface area (Å²) in [6.07, 6.45) is 3.13. The van der Waals surface area contributed by atoms with E-state index >= 15 is 0 Å². The highest BCUT2D eigenvalue weighted by Crippen LogP contribution is 2.17. The third-order valence-electron chi connectivity index (χ3n) is 3.05. The van der Waals surface area contributed by atoms with Gasteiger partial charge in [0, 0.05) is 13.2 Å². The Labute approximate surface area is 95.8 Å². The number of benzene rings is 1. The minimum atomic E-state index is -0.103. The lowest BCUT2D eigenvalue weighted by Crippen LogP contribution is -2.24. The van der Waals surface area contributed by atoms with E-state index in [1.807, 2.05) is 6.07 Å². The molecular formula is C13H18FNO. The van der Waals surface area contributed by atoms with Crippen molar-refractivity contribution in [1.29, 1.82) is 0 Å². The molecule has 1 aromatic rings. The van der Waals surface area contributed by atoms with E-state index in [9.17, 15) is 4.39 Å². The maximum Gasteiger partial charge on any atom is 0.126 e. The average Bonchev–Trinajstić information content (AvgIpc) is 2.76. The van der Waals surface area contributed by atoms with E-state index < -0.39 is 0 Å². The van der Waals surface area contributed by atoms with Crippen molar-refractivity contribution in [3.8, 4) is 0 Å². The first-order valence-corrected chi connectivity index (χ1v) is 5.79. The van der Waals surface area contributed by atoms with Crippen LogP contribution in [0.3, 0.4) is 0 Å². The monoisotopic (exact) mass is 223 g/mol. The van der Waals surface area contributed by atoms with E-state index in [-0.39, 0.29) is 5.82 Å². The molecule has 1 aromatic carbocycles. The van der Waals surface area contributed by atoms with Gasteiger partial charge in [-0.2, -0.15) is 0 Å². The van der Waals surface area contributed by atoms with Crippen molar-refractivity contribution in [2.75, 3.05) is 13.7 Å². The molecule has 2 nitrogen and oxygen atoms in total. The molecule has 88 valence electrons. The molecule has 2 rings (SSSR count). The minimum absolute atomic E-state index is 0.103. The maximum atomic E-state index is 13.6. The number of methoxy groups -OCH3 is 1. The van der Waals surface area contributed by atoms with Crippen LogP contribution in [0, 0.1) is 5.82 Å². The Morgan fingerprint density at radius 1 is 1.50 bits per heavy atom. The van der Waals surface area contributed by atoms with Crippen LogP contribution in [0.1, 0.15) is 24.0 Å². The fraction of sp³-hybridized carbons (Fsp3) is 0.538. The molecule has 0 bridgehead atoms. The molecule has 0 aromatic heterocycles. The minimum Gasteiger partial charge on any atom is -0.380 e. The van der Waals surface area contributed by atoms with Gasteiger partial charge in [-0.05, 0) is 43.0 Å². The summed E-state index contributed by atoms with van der Waals surface area (Å²) in [6.45, 7) is 1.61. The fourth-order valence-corrected chi connectivity index (χ4v) is 2.24. The second-order valence-electron chi connectivity index (χ2n) is 4.36. The highest BCUT2D eigenvalue weighted by atomic mass is 19.1. The Hall–Kier alpha value is -0.930. The summed E-state index contributed by atoms with van der Waals surface area (Å²) in [7, 11) is 1.65. The standard InChI is InChI=1S/C13H18FNO/c1-16-9-10-4-5-13(14)11(7-10)8-12-3-2-6-15-12/h4-5,7,12,15H,2-3,6,8-9H2,1H3. The van der Waals surface area contributed by atoms with Gasteiger partial charge in [-0.15, -0.1) is 0 Å². The lowest BCUT2D eigenvalue weighted by Gasteiger charge is -2.12. The van der Waals surface area contributed by atoms with Crippen molar-refractivity contribution in [1.82, 2.24) is 5.32 Å². The number of halogens is 1. The quantitative estimate of drug-likeness (QED) is 0.845. The van der Waals surface area contributed by atoms with Crippen molar-refractivity contribution >= 4 is 0 Å². The molecule has 0 spiro atoms. The predicted octanol–water partition coefficient (Wildman–Crippen LogP) is 2.27. The van der Waals surface area contributed by atoms with Crippen LogP contribution >= 0.6 is 0 Å². The summed E-state index contributed by atoms with van der Waals surface area (Å²) < 4.78 is 18.6. The molecule has 1 fully saturated rings. The van der Waals surface area contributed by atoms with Crippen molar-refractivity contribution in [3.63, 3.8) is 0 Å². The lowest BCUT2D eigenvalue weighted by molar-refractivity contribution is 0.184. The molecule has 0 radical (unpaired) electrons. The van der Waals surface area contributed by atoms with Crippen LogP contribution < -0.4 is 5.32 Å². The first kappa shape index (κ1) is 11.6. The first-order valence-electron chi connectivity index (χ1n) is 5.79. The van der Waals surface area contributed by atoms with Crippen LogP contribution in [-0.2, 0) is 17.8 Å². The Balaban J connectivity index is 2.08. The highest BCUT2D eigenvalue weighted by molar-refractivity contribution is 5.25. The molecule has 0 saturated carbocycles. The Kier molecular flexibility index (Phi) is 3.91. The summed E-state index contributed by atoms with van der Waals surface area (Å²) in [4.78, 5) is 0. The average molecular weight is 223 g/mol. The third kappa shape index (κ3) is 2.80. The molecule has 1 heterocycles. The van der Waals surface area contributed by atoms with Crippen LogP contribution in [0.4, 0.5) is 4.39 Å². The van der Waals surface area contributed by atoms with E-state index in [4.69, 9.17) is 4.74 Å². The van der Waals surface area contributed by atoms with Crippen LogP contribution in [0.25, 0.3) is 0 Å². The van der Waals surface area contributed by atoms with E-state index in [1.165, 1.54) is 6.42 Å². The van der Waals surface area contributed by atoms with E-state index in [0.717, 1.165) is 30.5 Å². The van der Waals surface area contributed by atoms with Gasteiger partial charge in [0.1, 0.15) is 5.82 Å². The van der Waals surface area contributed by atoms with Crippen molar-refractivity contribution in [2.45, 2.75) is 31.9 Å². The molecule has 1 atom stereocenters. The zero-order valence-electron chi connectivity index (χ0n) is 9.63. The lowest BCUT2D eigenvalue weighted by atomic mass is 10.0. The zero-order valence-corrected chi connectivity index (χ0v) is 9.63. The summed E-state index contributed by atoms with van der Waals surface area (Å²) >= 11 is 0. The Morgan fingerprint density at radius 2 is 2.38 bits per heavy atom. The van der Waals surface area contributed by atoms with Gasteiger partial charge in [0.15, 0.2) is 0 Å². The number of ether oxygens (including phenoxy) is 1. The largest absolute Gasteiger partial charge is 0.380 e. The van der Waals surface area contributed by atoms with E-state index in [1.54, 1.807) is 19.2 Å². The zero-order chi connectivity index (χ0) is 11.4. The summed E-state index contributed by atoms with van der Waals surface area (Å²) in [5.74, 6) is -0.103. The van der Waals surface area contributed by atoms with Crippen LogP contribution in [-0.4, -0.2) is 19.7 Å². The first-order chi connectivity index (χ1) is 7.79. The predicted molar refractivity (Wildman–Crippen MR) is 61.8 cm³/mol. The van der Waals surface area contributed by atoms with Gasteiger partial charge in [0.05, 0.1) is 6.61 Å². The van der Waals surface area contributed by atoms with Gasteiger partial charge in [0.2, 0.25) is 0 Å². The molecule has 1 N–H and O–H groups in total. The summed E-state index contributed by atoms with van der Waals surface area (Å²) in [5.41, 5.74) is 1.84. The normalized spacial score (nSPS) is 20.2. The molecule has 3 heteroatoms. The van der Waals surface area contributed by atoms with Gasteiger partial charge in [-0.3, -0.25) is 0 Å². The SMILES string of the molecule is COCc1ccc(F)c(CC2CCCN2)c1. The number of hydrogen-bond donors (Lipinski definition) is 1. The number of rotatable bonds is 4. The number of hydrogen-bond acceptors (Lipinski definition) is 2. The molecular weight excluding hydrogens is 205 g/mol. The van der Waals surface area contributed by atoms with Crippen LogP contribution in [0.15, 0.2) is 18.2 Å². The third-order valence-corrected chi connectivity index (χ3v) is 3.05. The molecule has 0 amide bonds. The van der Waals surface area contributed by atoms with Crippen LogP contribution in [0.5, 0.6) is 0 Å². The fourth-order valence-electron chi connectivity index (χ4n) is 2.24. The summed E-state index contributed by atoms with van der Waals surface area (Å²) in [6, 6.07) is 5.68. The smallest absolute Gasteiger partial charge is 0.126 e. The molecule has 0 aliphatic carbocycles. The molecule has 1 unspecified atom stereocenters. The Morgan fingerprint density at radius 3 is 3.06 bits per heavy atom. The van der Waals surface area contributed by atoms with Crippen molar-refractivity contribution < 1.29 is 9.13 Å². The maximum absolute atomic E-state index is 13.6. The second kappa shape index (κ2) is 5.41. The molecule has 16 heavy (non-hydrogen) atoms. The van der Waals surface area contributed by atoms with Gasteiger partial charge >= 0.3 is 0 Å². The topological polar surface area (TPSA) is 21.3 Å². The Bertz CT molecular complexity index is 348. The van der Waals surface area contributed by atoms with Crippen molar-refractivity contribution in [2.24, 2.45) is 0 Å². The van der Waals surface area contributed by atoms with Gasteiger partial charge in [-0.1, -0.05) is 12.1 Å². The van der Waals surface area contributed by atoms with Crippen LogP contribution in [0.2, 0.25) is 0 Å². The highest BCUT2D eigenvalue weighted by Gasteiger charge is 2.16. The van der Waals surface area contributed by atoms with E-state index in [2.05, 4.69) is 5.32 Å². The van der Waals surface area contributed by atoms with Gasteiger partial charge in [0.25, 0.3) is 0 Å². The molecule has 1 aliphatic heterocycles. The summed E-state index contributed by atoms with van der Waals surface area (Å²) in [5, 5.41) is 3.39. The molecule has 1 aliphatic rings. The van der Waals surface area contributed by atoms with E-state index in [0.29, 0.717) is 12.6 Å². The second-order valence-corrected chi connectivity index (χ2v) is 4.36. The molecule has 1 saturated heterocycles. The van der Waals surface area contributed by atoms with Gasteiger partial charge in [-0.25, -0.2) is 4.39 Å². The number of nitrogens with one attached hydrogen (secondary N) is 1. The van der Waals surface area contributed by atoms with Crippen molar-refractivity contribution in [3.05, 3.63) is 35.1 Å². The van der Waals surface area contributed by atoms with Gasteiger partial charge < -0.3 is 10.1 Å².